The first-order valence-corrected chi connectivity index (χ1v) is 7.64. The van der Waals surface area contributed by atoms with E-state index in [2.05, 4.69) is 25.7 Å². The van der Waals surface area contributed by atoms with Gasteiger partial charge in [-0.15, -0.1) is 0 Å². The maximum atomic E-state index is 11.4. The van der Waals surface area contributed by atoms with Crippen molar-refractivity contribution < 1.29 is 13.5 Å². The van der Waals surface area contributed by atoms with Gasteiger partial charge in [0.2, 0.25) is 0 Å². The summed E-state index contributed by atoms with van der Waals surface area (Å²) in [7, 11) is -2.81. The van der Waals surface area contributed by atoms with Crippen molar-refractivity contribution in [3.8, 4) is 0 Å². The number of nitrogens with zero attached hydrogens (tertiary/aromatic N) is 1. The van der Waals surface area contributed by atoms with Gasteiger partial charge in [0.05, 0.1) is 11.5 Å². The molecule has 1 saturated heterocycles. The van der Waals surface area contributed by atoms with Crippen molar-refractivity contribution in [2.24, 2.45) is 5.41 Å². The van der Waals surface area contributed by atoms with E-state index in [1.165, 1.54) is 0 Å². The van der Waals surface area contributed by atoms with E-state index in [0.717, 1.165) is 0 Å². The lowest BCUT2D eigenvalue weighted by Gasteiger charge is -2.41. The third-order valence-electron chi connectivity index (χ3n) is 3.22. The second-order valence-electron chi connectivity index (χ2n) is 5.58. The van der Waals surface area contributed by atoms with Gasteiger partial charge in [-0.25, -0.2) is 8.42 Å². The molecule has 1 rings (SSSR count). The maximum absolute atomic E-state index is 11.4. The second-order valence-corrected chi connectivity index (χ2v) is 7.89. The largest absolute Gasteiger partial charge is 0.396 e. The van der Waals surface area contributed by atoms with Gasteiger partial charge in [-0.3, -0.25) is 4.90 Å². The number of rotatable bonds is 3. The average molecular weight is 249 g/mol. The van der Waals surface area contributed by atoms with Crippen molar-refractivity contribution in [1.82, 2.24) is 4.90 Å². The molecule has 0 amide bonds. The number of aliphatic hydroxyl groups is 1. The summed E-state index contributed by atoms with van der Waals surface area (Å²) in [5.41, 5.74) is 0.0732. The van der Waals surface area contributed by atoms with Gasteiger partial charge in [0.1, 0.15) is 0 Å². The van der Waals surface area contributed by atoms with Gasteiger partial charge in [0, 0.05) is 25.7 Å². The predicted octanol–water partition coefficient (Wildman–Crippen LogP) is 0.514. The highest BCUT2D eigenvalue weighted by Gasteiger charge is 2.33. The molecule has 96 valence electrons. The van der Waals surface area contributed by atoms with E-state index >= 15 is 0 Å². The Balaban J connectivity index is 2.68. The zero-order valence-electron chi connectivity index (χ0n) is 10.4. The Labute approximate surface area is 98.6 Å². The molecule has 1 heterocycles. The molecule has 0 aromatic heterocycles. The Morgan fingerprint density at radius 1 is 1.25 bits per heavy atom. The van der Waals surface area contributed by atoms with Crippen molar-refractivity contribution in [3.05, 3.63) is 0 Å². The van der Waals surface area contributed by atoms with E-state index in [1.54, 1.807) is 0 Å². The van der Waals surface area contributed by atoms with Crippen LogP contribution in [-0.4, -0.2) is 55.7 Å². The highest BCUT2D eigenvalue weighted by Crippen LogP contribution is 2.27. The maximum Gasteiger partial charge on any atom is 0.152 e. The molecule has 1 N–H and O–H groups in total. The smallest absolute Gasteiger partial charge is 0.152 e. The van der Waals surface area contributed by atoms with Gasteiger partial charge in [-0.2, -0.15) is 0 Å². The monoisotopic (exact) mass is 249 g/mol. The highest BCUT2D eigenvalue weighted by molar-refractivity contribution is 7.91. The molecule has 0 aliphatic carbocycles. The first-order valence-electron chi connectivity index (χ1n) is 5.81. The Bertz CT molecular complexity index is 305. The molecule has 1 fully saturated rings. The summed E-state index contributed by atoms with van der Waals surface area (Å²) in [5.74, 6) is 0.510. The molecule has 1 atom stereocenters. The van der Waals surface area contributed by atoms with E-state index in [1.807, 2.05) is 0 Å². The van der Waals surface area contributed by atoms with Crippen LogP contribution < -0.4 is 0 Å². The molecular formula is C11H23NO3S. The van der Waals surface area contributed by atoms with Crippen LogP contribution in [-0.2, 0) is 9.84 Å². The minimum atomic E-state index is -2.81. The average Bonchev–Trinajstić information content (AvgIpc) is 2.13. The predicted molar refractivity (Wildman–Crippen MR) is 65.2 cm³/mol. The van der Waals surface area contributed by atoms with E-state index in [9.17, 15) is 8.42 Å². The highest BCUT2D eigenvalue weighted by atomic mass is 32.2. The minimum absolute atomic E-state index is 0.0732. The first-order chi connectivity index (χ1) is 7.26. The summed E-state index contributed by atoms with van der Waals surface area (Å²) < 4.78 is 22.7. The summed E-state index contributed by atoms with van der Waals surface area (Å²) in [5, 5.41) is 9.09. The Morgan fingerprint density at radius 3 is 2.12 bits per heavy atom. The van der Waals surface area contributed by atoms with E-state index in [4.69, 9.17) is 5.11 Å². The molecule has 0 radical (unpaired) electrons. The van der Waals surface area contributed by atoms with Crippen LogP contribution in [0.15, 0.2) is 0 Å². The van der Waals surface area contributed by atoms with Crippen LogP contribution in [0.25, 0.3) is 0 Å². The lowest BCUT2D eigenvalue weighted by molar-refractivity contribution is 0.0818. The van der Waals surface area contributed by atoms with Crippen LogP contribution in [0.3, 0.4) is 0 Å². The van der Waals surface area contributed by atoms with Crippen LogP contribution in [0.1, 0.15) is 27.2 Å². The minimum Gasteiger partial charge on any atom is -0.396 e. The van der Waals surface area contributed by atoms with Crippen molar-refractivity contribution in [2.75, 3.05) is 31.2 Å². The third-order valence-corrected chi connectivity index (χ3v) is 4.83. The van der Waals surface area contributed by atoms with E-state index < -0.39 is 9.84 Å². The van der Waals surface area contributed by atoms with Gasteiger partial charge >= 0.3 is 0 Å². The van der Waals surface area contributed by atoms with Crippen LogP contribution >= 0.6 is 0 Å². The van der Waals surface area contributed by atoms with Crippen LogP contribution in [0.2, 0.25) is 0 Å². The molecule has 0 aromatic rings. The van der Waals surface area contributed by atoms with Gasteiger partial charge < -0.3 is 5.11 Å². The zero-order chi connectivity index (χ0) is 12.4. The topological polar surface area (TPSA) is 57.6 Å². The third kappa shape index (κ3) is 3.71. The first kappa shape index (κ1) is 13.9. The Hall–Kier alpha value is -0.130. The molecule has 16 heavy (non-hydrogen) atoms. The summed E-state index contributed by atoms with van der Waals surface area (Å²) >= 11 is 0. The lowest BCUT2D eigenvalue weighted by Crippen LogP contribution is -2.51. The van der Waals surface area contributed by atoms with Crippen LogP contribution in [0, 0.1) is 5.41 Å². The fraction of sp³-hybridized carbons (Fsp3) is 1.00. The number of sulfone groups is 1. The van der Waals surface area contributed by atoms with Crippen molar-refractivity contribution in [3.63, 3.8) is 0 Å². The number of hydrogen-bond acceptors (Lipinski definition) is 4. The van der Waals surface area contributed by atoms with Gasteiger partial charge in [-0.1, -0.05) is 20.8 Å². The SMILES string of the molecule is CC(C)(C)C(CCO)N1CCS(=O)(=O)CC1. The quantitative estimate of drug-likeness (QED) is 0.792. The molecule has 0 spiro atoms. The molecule has 0 aromatic carbocycles. The number of aliphatic hydroxyl groups excluding tert-OH is 1. The molecular weight excluding hydrogens is 226 g/mol. The summed E-state index contributed by atoms with van der Waals surface area (Å²) in [6.45, 7) is 7.77. The summed E-state index contributed by atoms with van der Waals surface area (Å²) in [4.78, 5) is 2.21. The zero-order valence-corrected chi connectivity index (χ0v) is 11.3. The molecule has 1 aliphatic heterocycles. The second kappa shape index (κ2) is 5.02. The number of hydrogen-bond donors (Lipinski definition) is 1. The Kier molecular flexibility index (Phi) is 4.37. The van der Waals surface area contributed by atoms with E-state index in [0.29, 0.717) is 19.5 Å². The van der Waals surface area contributed by atoms with Crippen LogP contribution in [0.4, 0.5) is 0 Å². The fourth-order valence-electron chi connectivity index (χ4n) is 2.32. The standard InChI is InChI=1S/C11H23NO3S/c1-11(2,3)10(4-7-13)12-5-8-16(14,15)9-6-12/h10,13H,4-9H2,1-3H3. The summed E-state index contributed by atoms with van der Waals surface area (Å²) in [6, 6.07) is 0.257. The van der Waals surface area contributed by atoms with Gasteiger partial charge in [-0.05, 0) is 11.8 Å². The normalized spacial score (nSPS) is 24.2. The van der Waals surface area contributed by atoms with Crippen molar-refractivity contribution in [2.45, 2.75) is 33.2 Å². The van der Waals surface area contributed by atoms with Crippen LogP contribution in [0.5, 0.6) is 0 Å². The van der Waals surface area contributed by atoms with Gasteiger partial charge in [0.15, 0.2) is 9.84 Å². The molecule has 0 bridgehead atoms. The molecule has 4 nitrogen and oxygen atoms in total. The molecule has 1 unspecified atom stereocenters. The lowest BCUT2D eigenvalue weighted by atomic mass is 9.83. The van der Waals surface area contributed by atoms with E-state index in [-0.39, 0.29) is 29.6 Å². The van der Waals surface area contributed by atoms with Crippen molar-refractivity contribution >= 4 is 9.84 Å². The molecule has 5 heteroatoms. The Morgan fingerprint density at radius 2 is 1.75 bits per heavy atom. The van der Waals surface area contributed by atoms with Crippen molar-refractivity contribution in [1.29, 1.82) is 0 Å². The summed E-state index contributed by atoms with van der Waals surface area (Å²) in [6.07, 6.45) is 0.712. The molecule has 0 saturated carbocycles. The van der Waals surface area contributed by atoms with Gasteiger partial charge in [0.25, 0.3) is 0 Å². The molecule has 1 aliphatic rings. The fourth-order valence-corrected chi connectivity index (χ4v) is 3.55.